The molecular formula is C21H24BrNO5. The van der Waals surface area contributed by atoms with Crippen LogP contribution in [-0.4, -0.2) is 36.6 Å². The van der Waals surface area contributed by atoms with Crippen molar-refractivity contribution in [2.24, 2.45) is 5.41 Å². The summed E-state index contributed by atoms with van der Waals surface area (Å²) in [6.07, 6.45) is 1.05. The first-order valence-electron chi connectivity index (χ1n) is 9.24. The van der Waals surface area contributed by atoms with Gasteiger partial charge in [0.15, 0.2) is 5.94 Å². The van der Waals surface area contributed by atoms with E-state index >= 15 is 0 Å². The first kappa shape index (κ1) is 22.0. The van der Waals surface area contributed by atoms with Gasteiger partial charge in [-0.1, -0.05) is 15.9 Å². The van der Waals surface area contributed by atoms with E-state index < -0.39 is 17.4 Å². The standard InChI is InChI=1S/C21H24BrNO5/c1-4-27-20(26)21(11-5-6-15(21)12-24)19(18(13-25)28-14(2)3)23-17-9-7-16(22)8-10-17/h7-10,14,19,23H,4-6,11H2,1-3H3. The lowest BCUT2D eigenvalue weighted by Gasteiger charge is -2.36. The highest BCUT2D eigenvalue weighted by molar-refractivity contribution is 9.10. The van der Waals surface area contributed by atoms with Crippen molar-refractivity contribution in [1.29, 1.82) is 0 Å². The molecule has 1 aromatic carbocycles. The minimum atomic E-state index is -1.37. The summed E-state index contributed by atoms with van der Waals surface area (Å²) in [4.78, 5) is 36.6. The number of rotatable bonds is 8. The molecule has 150 valence electrons. The van der Waals surface area contributed by atoms with Crippen LogP contribution < -0.4 is 5.32 Å². The lowest BCUT2D eigenvalue weighted by Crippen LogP contribution is -2.49. The molecule has 1 N–H and O–H groups in total. The average molecular weight is 450 g/mol. The normalized spacial score (nSPS) is 19.5. The highest BCUT2D eigenvalue weighted by atomic mass is 79.9. The predicted molar refractivity (Wildman–Crippen MR) is 109 cm³/mol. The molecule has 0 aliphatic heterocycles. The molecule has 0 saturated heterocycles. The molecule has 0 amide bonds. The zero-order valence-electron chi connectivity index (χ0n) is 16.2. The lowest BCUT2D eigenvalue weighted by molar-refractivity contribution is -0.153. The number of carbonyl (C=O) groups excluding carboxylic acids is 3. The Hall–Kier alpha value is -2.33. The van der Waals surface area contributed by atoms with Gasteiger partial charge in [-0.2, -0.15) is 0 Å². The molecule has 2 rings (SSSR count). The quantitative estimate of drug-likeness (QED) is 0.368. The summed E-state index contributed by atoms with van der Waals surface area (Å²) in [5.41, 5.74) is -0.429. The number of nitrogens with one attached hydrogen (secondary N) is 1. The van der Waals surface area contributed by atoms with Crippen LogP contribution in [0.2, 0.25) is 0 Å². The van der Waals surface area contributed by atoms with Gasteiger partial charge in [0.05, 0.1) is 12.7 Å². The van der Waals surface area contributed by atoms with Crippen molar-refractivity contribution in [3.05, 3.63) is 40.1 Å². The van der Waals surface area contributed by atoms with Gasteiger partial charge in [-0.3, -0.25) is 4.79 Å². The molecule has 2 atom stereocenters. The van der Waals surface area contributed by atoms with Gasteiger partial charge in [0, 0.05) is 15.7 Å². The summed E-state index contributed by atoms with van der Waals surface area (Å²) in [6, 6.07) is 6.32. The van der Waals surface area contributed by atoms with Crippen LogP contribution in [0.3, 0.4) is 0 Å². The summed E-state index contributed by atoms with van der Waals surface area (Å²) in [5.74, 6) is 3.11. The summed E-state index contributed by atoms with van der Waals surface area (Å²) in [5, 5.41) is 3.20. The van der Waals surface area contributed by atoms with Crippen molar-refractivity contribution < 1.29 is 23.9 Å². The van der Waals surface area contributed by atoms with E-state index in [-0.39, 0.29) is 24.0 Å². The topological polar surface area (TPSA) is 81.7 Å². The van der Waals surface area contributed by atoms with Crippen LogP contribution in [0.15, 0.2) is 40.1 Å². The largest absolute Gasteiger partial charge is 0.482 e. The van der Waals surface area contributed by atoms with Gasteiger partial charge in [-0.05, 0) is 64.3 Å². The number of carbonyl (C=O) groups is 1. The fraction of sp³-hybridized carbons (Fsp3) is 0.476. The minimum absolute atomic E-state index is 0.0689. The zero-order valence-corrected chi connectivity index (χ0v) is 17.8. The van der Waals surface area contributed by atoms with Crippen molar-refractivity contribution in [1.82, 2.24) is 0 Å². The second-order valence-electron chi connectivity index (χ2n) is 6.84. The van der Waals surface area contributed by atoms with Gasteiger partial charge in [0.1, 0.15) is 17.4 Å². The van der Waals surface area contributed by atoms with E-state index in [1.807, 2.05) is 24.0 Å². The summed E-state index contributed by atoms with van der Waals surface area (Å²) in [6.45, 7) is 5.40. The van der Waals surface area contributed by atoms with Gasteiger partial charge in [0.2, 0.25) is 5.76 Å². The third-order valence-electron chi connectivity index (χ3n) is 4.67. The Kier molecular flexibility index (Phi) is 7.64. The Balaban J connectivity index is 2.61. The van der Waals surface area contributed by atoms with E-state index in [1.165, 1.54) is 0 Å². The maximum Gasteiger partial charge on any atom is 0.319 e. The van der Waals surface area contributed by atoms with Crippen LogP contribution in [0.4, 0.5) is 5.69 Å². The molecule has 2 unspecified atom stereocenters. The fourth-order valence-electron chi connectivity index (χ4n) is 3.51. The number of anilines is 1. The van der Waals surface area contributed by atoms with Crippen LogP contribution in [-0.2, 0) is 23.9 Å². The fourth-order valence-corrected chi connectivity index (χ4v) is 3.78. The number of hydrogen-bond acceptors (Lipinski definition) is 6. The molecule has 28 heavy (non-hydrogen) atoms. The zero-order chi connectivity index (χ0) is 20.7. The summed E-state index contributed by atoms with van der Waals surface area (Å²) < 4.78 is 11.9. The second-order valence-corrected chi connectivity index (χ2v) is 7.76. The first-order chi connectivity index (χ1) is 13.4. The van der Waals surface area contributed by atoms with Crippen molar-refractivity contribution in [3.63, 3.8) is 0 Å². The highest BCUT2D eigenvalue weighted by Gasteiger charge is 2.56. The number of halogens is 1. The Morgan fingerprint density at radius 2 is 1.96 bits per heavy atom. The van der Waals surface area contributed by atoms with E-state index in [2.05, 4.69) is 21.2 Å². The molecular weight excluding hydrogens is 426 g/mol. The highest BCUT2D eigenvalue weighted by Crippen LogP contribution is 2.48. The Labute approximate surface area is 173 Å². The maximum atomic E-state index is 13.1. The number of benzene rings is 1. The molecule has 1 aromatic rings. The predicted octanol–water partition coefficient (Wildman–Crippen LogP) is 3.86. The first-order valence-corrected chi connectivity index (χ1v) is 10.0. The van der Waals surface area contributed by atoms with E-state index in [1.54, 1.807) is 32.9 Å². The lowest BCUT2D eigenvalue weighted by atomic mass is 9.74. The molecule has 0 spiro atoms. The van der Waals surface area contributed by atoms with E-state index in [0.717, 1.165) is 4.47 Å². The molecule has 1 aliphatic carbocycles. The van der Waals surface area contributed by atoms with Crippen LogP contribution >= 0.6 is 15.9 Å². The van der Waals surface area contributed by atoms with Gasteiger partial charge in [-0.15, -0.1) is 0 Å². The molecule has 1 fully saturated rings. The number of hydrogen-bond donors (Lipinski definition) is 1. The van der Waals surface area contributed by atoms with E-state index in [9.17, 15) is 14.4 Å². The molecule has 1 saturated carbocycles. The van der Waals surface area contributed by atoms with Crippen molar-refractivity contribution in [3.8, 4) is 0 Å². The third kappa shape index (κ3) is 4.56. The SMILES string of the molecule is CCOC(=O)C1(C(Nc2ccc(Br)cc2)C(=C=O)OC(C)C)CCCC1=C=O. The maximum absolute atomic E-state index is 13.1. The van der Waals surface area contributed by atoms with Crippen LogP contribution in [0.1, 0.15) is 40.0 Å². The van der Waals surface area contributed by atoms with Crippen molar-refractivity contribution >= 4 is 39.5 Å². The van der Waals surface area contributed by atoms with Gasteiger partial charge >= 0.3 is 5.97 Å². The second kappa shape index (κ2) is 9.74. The molecule has 0 heterocycles. The summed E-state index contributed by atoms with van der Waals surface area (Å²) in [7, 11) is 0. The van der Waals surface area contributed by atoms with Gasteiger partial charge in [0.25, 0.3) is 0 Å². The number of ether oxygens (including phenoxy) is 2. The Morgan fingerprint density at radius 3 is 2.50 bits per heavy atom. The molecule has 0 aromatic heterocycles. The van der Waals surface area contributed by atoms with Crippen molar-refractivity contribution in [2.45, 2.75) is 52.2 Å². The number of esters is 1. The molecule has 0 radical (unpaired) electrons. The van der Waals surface area contributed by atoms with Crippen LogP contribution in [0.5, 0.6) is 0 Å². The molecule has 6 nitrogen and oxygen atoms in total. The van der Waals surface area contributed by atoms with Crippen molar-refractivity contribution in [2.75, 3.05) is 11.9 Å². The monoisotopic (exact) mass is 449 g/mol. The Morgan fingerprint density at radius 1 is 1.29 bits per heavy atom. The van der Waals surface area contributed by atoms with E-state index in [0.29, 0.717) is 24.9 Å². The smallest absolute Gasteiger partial charge is 0.319 e. The van der Waals surface area contributed by atoms with E-state index in [4.69, 9.17) is 9.47 Å². The average Bonchev–Trinajstić information content (AvgIpc) is 3.10. The van der Waals surface area contributed by atoms with Gasteiger partial charge < -0.3 is 14.8 Å². The molecule has 1 aliphatic rings. The van der Waals surface area contributed by atoms with Gasteiger partial charge in [-0.25, -0.2) is 9.59 Å². The van der Waals surface area contributed by atoms with Crippen LogP contribution in [0.25, 0.3) is 0 Å². The summed E-state index contributed by atoms with van der Waals surface area (Å²) >= 11 is 3.38. The third-order valence-corrected chi connectivity index (χ3v) is 5.20. The molecule has 7 heteroatoms. The molecule has 0 bridgehead atoms. The van der Waals surface area contributed by atoms with Crippen LogP contribution in [0, 0.1) is 5.41 Å². The minimum Gasteiger partial charge on any atom is -0.482 e. The Bertz CT molecular complexity index is 807.